The van der Waals surface area contributed by atoms with Gasteiger partial charge in [-0.15, -0.1) is 6.42 Å². The van der Waals surface area contributed by atoms with Crippen molar-refractivity contribution in [3.63, 3.8) is 0 Å². The molecule has 0 fully saturated rings. The van der Waals surface area contributed by atoms with E-state index in [9.17, 15) is 0 Å². The van der Waals surface area contributed by atoms with Crippen LogP contribution in [0.4, 0.5) is 0 Å². The van der Waals surface area contributed by atoms with E-state index in [1.165, 1.54) is 0 Å². The van der Waals surface area contributed by atoms with E-state index < -0.39 is 0 Å². The SMILES string of the molecule is CC.C[CH-]C/C(C)=N\NC.[V]. The molecule has 11 heavy (non-hydrogen) atoms. The van der Waals surface area contributed by atoms with Crippen LogP contribution in [0.2, 0.25) is 0 Å². The van der Waals surface area contributed by atoms with Gasteiger partial charge in [0.15, 0.2) is 0 Å². The maximum absolute atomic E-state index is 3.95. The molecule has 67 valence electrons. The summed E-state index contributed by atoms with van der Waals surface area (Å²) in [5.41, 5.74) is 3.84. The first-order chi connectivity index (χ1) is 4.81. The predicted octanol–water partition coefficient (Wildman–Crippen LogP) is 2.22. The van der Waals surface area contributed by atoms with Gasteiger partial charge in [-0.3, -0.25) is 0 Å². The van der Waals surface area contributed by atoms with Crippen LogP contribution in [0.3, 0.4) is 0 Å². The topological polar surface area (TPSA) is 24.4 Å². The van der Waals surface area contributed by atoms with Crippen molar-refractivity contribution in [2.24, 2.45) is 5.10 Å². The molecule has 0 saturated heterocycles. The molecule has 1 radical (unpaired) electrons. The Bertz CT molecular complexity index is 82.2. The number of nitrogens with zero attached hydrogens (tertiary/aromatic N) is 1. The van der Waals surface area contributed by atoms with Crippen molar-refractivity contribution < 1.29 is 18.6 Å². The third kappa shape index (κ3) is 17.8. The molecule has 0 unspecified atom stereocenters. The Balaban J connectivity index is -0.000000196. The molecule has 0 aliphatic rings. The Kier molecular flexibility index (Phi) is 25.9. The normalized spacial score (nSPS) is 9.00. The summed E-state index contributed by atoms with van der Waals surface area (Å²) in [5, 5.41) is 3.95. The van der Waals surface area contributed by atoms with E-state index in [-0.39, 0.29) is 18.6 Å². The molecule has 0 atom stereocenters. The minimum Gasteiger partial charge on any atom is -0.326 e. The van der Waals surface area contributed by atoms with Crippen molar-refractivity contribution in [2.75, 3.05) is 7.05 Å². The van der Waals surface area contributed by atoms with E-state index in [1.807, 2.05) is 27.7 Å². The maximum atomic E-state index is 3.95. The fraction of sp³-hybridized carbons (Fsp3) is 0.750. The molecule has 2 nitrogen and oxygen atoms in total. The summed E-state index contributed by atoms with van der Waals surface area (Å²) in [6.07, 6.45) is 3.05. The minimum absolute atomic E-state index is 0. The minimum atomic E-state index is 0. The smallest absolute Gasteiger partial charge is 0.0217 e. The summed E-state index contributed by atoms with van der Waals surface area (Å²) in [6.45, 7) is 8.02. The molecule has 0 aromatic rings. The molecule has 0 saturated carbocycles. The summed E-state index contributed by atoms with van der Waals surface area (Å²) in [4.78, 5) is 0. The van der Waals surface area contributed by atoms with Crippen molar-refractivity contribution in [2.45, 2.75) is 34.1 Å². The zero-order valence-electron chi connectivity index (χ0n) is 8.18. The van der Waals surface area contributed by atoms with Crippen LogP contribution < -0.4 is 5.43 Å². The molecule has 0 spiro atoms. The van der Waals surface area contributed by atoms with E-state index in [1.54, 1.807) is 7.05 Å². The molecule has 3 heteroatoms. The van der Waals surface area contributed by atoms with Crippen LogP contribution in [-0.2, 0) is 18.6 Å². The molecule has 0 heterocycles. The second-order valence-electron chi connectivity index (χ2n) is 1.68. The van der Waals surface area contributed by atoms with E-state index in [2.05, 4.69) is 16.9 Å². The molecule has 1 N–H and O–H groups in total. The molecular weight excluding hydrogens is 175 g/mol. The first-order valence-corrected chi connectivity index (χ1v) is 3.79. The van der Waals surface area contributed by atoms with Gasteiger partial charge < -0.3 is 11.8 Å². The quantitative estimate of drug-likeness (QED) is 0.416. The van der Waals surface area contributed by atoms with Gasteiger partial charge in [-0.1, -0.05) is 13.8 Å². The zero-order chi connectivity index (χ0) is 8.41. The van der Waals surface area contributed by atoms with Crippen LogP contribution in [0.15, 0.2) is 5.10 Å². The van der Waals surface area contributed by atoms with E-state index in [0.29, 0.717) is 0 Å². The summed E-state index contributed by atoms with van der Waals surface area (Å²) in [5.74, 6) is 0. The van der Waals surface area contributed by atoms with Crippen LogP contribution in [0.1, 0.15) is 34.1 Å². The van der Waals surface area contributed by atoms with Gasteiger partial charge in [0.1, 0.15) is 0 Å². The van der Waals surface area contributed by atoms with Gasteiger partial charge in [0, 0.05) is 31.3 Å². The zero-order valence-corrected chi connectivity index (χ0v) is 9.58. The van der Waals surface area contributed by atoms with Crippen LogP contribution in [0.5, 0.6) is 0 Å². The Morgan fingerprint density at radius 2 is 1.91 bits per heavy atom. The Morgan fingerprint density at radius 3 is 2.18 bits per heavy atom. The van der Waals surface area contributed by atoms with E-state index >= 15 is 0 Å². The van der Waals surface area contributed by atoms with Crippen LogP contribution >= 0.6 is 0 Å². The van der Waals surface area contributed by atoms with Gasteiger partial charge in [0.25, 0.3) is 0 Å². The van der Waals surface area contributed by atoms with Crippen molar-refractivity contribution in [3.8, 4) is 0 Å². The van der Waals surface area contributed by atoms with Gasteiger partial charge in [0.05, 0.1) is 0 Å². The second kappa shape index (κ2) is 16.6. The second-order valence-corrected chi connectivity index (χ2v) is 1.68. The standard InChI is InChI=1S/C6H13N2.C2H6.V/c1-4-5-6(2)8-7-3;1-2;/h4,7H,5H2,1-3H3;1-2H3;/q-1;;/b8-6-;;. The number of hydrogen-bond donors (Lipinski definition) is 1. The maximum Gasteiger partial charge on any atom is 0.0217 e. The Labute approximate surface area is 82.7 Å². The third-order valence-electron chi connectivity index (χ3n) is 0.802. The molecule has 0 aromatic heterocycles. The first kappa shape index (κ1) is 17.2. The fourth-order valence-corrected chi connectivity index (χ4v) is 0.532. The third-order valence-corrected chi connectivity index (χ3v) is 0.802. The monoisotopic (exact) mass is 194 g/mol. The fourth-order valence-electron chi connectivity index (χ4n) is 0.532. The largest absolute Gasteiger partial charge is 0.326 e. The number of hydrazone groups is 1. The van der Waals surface area contributed by atoms with Crippen LogP contribution in [-0.4, -0.2) is 12.8 Å². The molecular formula is C8H19N2V-. The predicted molar refractivity (Wildman–Crippen MR) is 48.1 cm³/mol. The summed E-state index contributed by atoms with van der Waals surface area (Å²) in [7, 11) is 1.80. The van der Waals surface area contributed by atoms with Crippen molar-refractivity contribution in [1.29, 1.82) is 0 Å². The number of nitrogens with one attached hydrogen (secondary N) is 1. The summed E-state index contributed by atoms with van der Waals surface area (Å²) >= 11 is 0. The molecule has 0 aliphatic heterocycles. The van der Waals surface area contributed by atoms with Crippen molar-refractivity contribution >= 4 is 5.71 Å². The van der Waals surface area contributed by atoms with Gasteiger partial charge >= 0.3 is 0 Å². The number of hydrogen-bond acceptors (Lipinski definition) is 2. The molecule has 0 amide bonds. The average molecular weight is 194 g/mol. The van der Waals surface area contributed by atoms with Gasteiger partial charge in [-0.25, -0.2) is 0 Å². The summed E-state index contributed by atoms with van der Waals surface area (Å²) < 4.78 is 0. The average Bonchev–Trinajstić information content (AvgIpc) is 1.93. The van der Waals surface area contributed by atoms with E-state index in [0.717, 1.165) is 12.1 Å². The van der Waals surface area contributed by atoms with Crippen molar-refractivity contribution in [3.05, 3.63) is 6.42 Å². The Morgan fingerprint density at radius 1 is 1.45 bits per heavy atom. The van der Waals surface area contributed by atoms with Gasteiger partial charge in [-0.05, 0) is 6.92 Å². The van der Waals surface area contributed by atoms with E-state index in [4.69, 9.17) is 0 Å². The van der Waals surface area contributed by atoms with Crippen LogP contribution in [0, 0.1) is 6.42 Å². The van der Waals surface area contributed by atoms with Gasteiger partial charge in [-0.2, -0.15) is 12.0 Å². The summed E-state index contributed by atoms with van der Waals surface area (Å²) in [6, 6.07) is 0. The molecule has 0 aliphatic carbocycles. The first-order valence-electron chi connectivity index (χ1n) is 3.79. The molecule has 0 bridgehead atoms. The molecule has 0 rings (SSSR count). The van der Waals surface area contributed by atoms with Gasteiger partial charge in [0.2, 0.25) is 0 Å². The van der Waals surface area contributed by atoms with Crippen molar-refractivity contribution in [1.82, 2.24) is 5.43 Å². The number of rotatable bonds is 3. The van der Waals surface area contributed by atoms with Crippen LogP contribution in [0.25, 0.3) is 0 Å². The Hall–Kier alpha value is 0.0544. The molecule has 0 aromatic carbocycles.